The highest BCUT2D eigenvalue weighted by Gasteiger charge is 2.29. The standard InChI is InChI=1S/C26H20N2O4/c29-25-23(14-17-8-2-1-3-9-17)28-24(32-25)15-27-26(30)31-16-22-20-12-6-4-10-18(20)19-11-5-7-13-21(19)22/h1-14,22H,15-16H2,(H,27,30)/b23-14+. The number of hydrogen-bond acceptors (Lipinski definition) is 5. The average Bonchev–Trinajstić information content (AvgIpc) is 3.34. The number of amides is 1. The Bertz CT molecular complexity index is 1200. The van der Waals surface area contributed by atoms with Gasteiger partial charge in [-0.1, -0.05) is 78.9 Å². The van der Waals surface area contributed by atoms with E-state index in [1.165, 1.54) is 11.1 Å². The molecule has 6 nitrogen and oxygen atoms in total. The fraction of sp³-hybridized carbons (Fsp3) is 0.115. The predicted molar refractivity (Wildman–Crippen MR) is 121 cm³/mol. The van der Waals surface area contributed by atoms with Crippen LogP contribution in [0.3, 0.4) is 0 Å². The summed E-state index contributed by atoms with van der Waals surface area (Å²) >= 11 is 0. The molecule has 32 heavy (non-hydrogen) atoms. The summed E-state index contributed by atoms with van der Waals surface area (Å²) in [7, 11) is 0. The maximum absolute atomic E-state index is 12.3. The van der Waals surface area contributed by atoms with Crippen molar-refractivity contribution < 1.29 is 19.1 Å². The number of nitrogens with one attached hydrogen (secondary N) is 1. The number of alkyl carbamates (subject to hydrolysis) is 1. The molecule has 0 saturated carbocycles. The zero-order chi connectivity index (χ0) is 21.9. The number of fused-ring (bicyclic) bond motifs is 3. The van der Waals surface area contributed by atoms with Gasteiger partial charge in [-0.05, 0) is 33.9 Å². The van der Waals surface area contributed by atoms with E-state index in [1.807, 2.05) is 54.6 Å². The monoisotopic (exact) mass is 424 g/mol. The summed E-state index contributed by atoms with van der Waals surface area (Å²) in [5, 5.41) is 2.61. The molecule has 6 heteroatoms. The van der Waals surface area contributed by atoms with Crippen molar-refractivity contribution in [3.05, 3.63) is 101 Å². The molecule has 1 N–H and O–H groups in total. The van der Waals surface area contributed by atoms with Gasteiger partial charge in [0.05, 0.1) is 6.54 Å². The van der Waals surface area contributed by atoms with Crippen molar-refractivity contribution in [1.29, 1.82) is 0 Å². The number of aliphatic imine (C=N–C) groups is 1. The van der Waals surface area contributed by atoms with E-state index in [4.69, 9.17) is 9.47 Å². The average molecular weight is 424 g/mol. The molecule has 1 heterocycles. The first-order valence-corrected chi connectivity index (χ1v) is 10.3. The maximum atomic E-state index is 12.3. The van der Waals surface area contributed by atoms with Crippen LogP contribution < -0.4 is 5.32 Å². The van der Waals surface area contributed by atoms with Crippen molar-refractivity contribution in [3.63, 3.8) is 0 Å². The molecule has 3 aromatic carbocycles. The van der Waals surface area contributed by atoms with Crippen LogP contribution in [-0.2, 0) is 14.3 Å². The third-order valence-corrected chi connectivity index (χ3v) is 5.50. The first-order valence-electron chi connectivity index (χ1n) is 10.3. The normalized spacial score (nSPS) is 15.7. The van der Waals surface area contributed by atoms with Crippen LogP contribution >= 0.6 is 0 Å². The van der Waals surface area contributed by atoms with Crippen LogP contribution in [0.4, 0.5) is 4.79 Å². The molecule has 0 bridgehead atoms. The molecule has 0 spiro atoms. The second-order valence-corrected chi connectivity index (χ2v) is 7.51. The van der Waals surface area contributed by atoms with Crippen molar-refractivity contribution in [1.82, 2.24) is 5.32 Å². The third-order valence-electron chi connectivity index (χ3n) is 5.50. The second kappa shape index (κ2) is 8.51. The molecule has 3 aromatic rings. The van der Waals surface area contributed by atoms with Gasteiger partial charge in [-0.15, -0.1) is 0 Å². The Hall–Kier alpha value is -4.19. The number of nitrogens with zero attached hydrogens (tertiary/aromatic N) is 1. The Morgan fingerprint density at radius 2 is 1.56 bits per heavy atom. The summed E-state index contributed by atoms with van der Waals surface area (Å²) in [5.41, 5.74) is 5.66. The number of hydrogen-bond donors (Lipinski definition) is 1. The molecule has 0 saturated heterocycles. The molecule has 1 amide bonds. The molecular weight excluding hydrogens is 404 g/mol. The van der Waals surface area contributed by atoms with E-state index in [9.17, 15) is 9.59 Å². The lowest BCUT2D eigenvalue weighted by atomic mass is 9.98. The number of carbonyl (C=O) groups excluding carboxylic acids is 2. The largest absolute Gasteiger partial charge is 0.449 e. The van der Waals surface area contributed by atoms with Gasteiger partial charge in [-0.25, -0.2) is 14.6 Å². The van der Waals surface area contributed by atoms with Crippen molar-refractivity contribution in [2.24, 2.45) is 4.99 Å². The van der Waals surface area contributed by atoms with Crippen molar-refractivity contribution >= 4 is 24.0 Å². The van der Waals surface area contributed by atoms with Crippen LogP contribution in [0.2, 0.25) is 0 Å². The first kappa shape index (κ1) is 19.8. The Balaban J connectivity index is 1.20. The van der Waals surface area contributed by atoms with E-state index >= 15 is 0 Å². The van der Waals surface area contributed by atoms with E-state index in [0.29, 0.717) is 0 Å². The Kier molecular flexibility index (Phi) is 5.25. The summed E-state index contributed by atoms with van der Waals surface area (Å²) in [6.45, 7) is 0.180. The second-order valence-electron chi connectivity index (χ2n) is 7.51. The number of rotatable bonds is 5. The van der Waals surface area contributed by atoms with Crippen LogP contribution in [0.1, 0.15) is 22.6 Å². The van der Waals surface area contributed by atoms with Crippen molar-refractivity contribution in [2.45, 2.75) is 5.92 Å². The van der Waals surface area contributed by atoms with Crippen LogP contribution in [0, 0.1) is 0 Å². The van der Waals surface area contributed by atoms with Gasteiger partial charge in [0, 0.05) is 5.92 Å². The number of carbonyl (C=O) groups is 2. The Morgan fingerprint density at radius 1 is 0.938 bits per heavy atom. The highest BCUT2D eigenvalue weighted by atomic mass is 16.6. The Morgan fingerprint density at radius 3 is 2.25 bits per heavy atom. The molecule has 158 valence electrons. The number of esters is 1. The van der Waals surface area contributed by atoms with Crippen LogP contribution in [0.15, 0.2) is 89.6 Å². The lowest BCUT2D eigenvalue weighted by molar-refractivity contribution is -0.130. The quantitative estimate of drug-likeness (QED) is 0.483. The molecular formula is C26H20N2O4. The maximum Gasteiger partial charge on any atom is 0.407 e. The molecule has 0 unspecified atom stereocenters. The zero-order valence-electron chi connectivity index (χ0n) is 17.2. The number of ether oxygens (including phenoxy) is 2. The highest BCUT2D eigenvalue weighted by Crippen LogP contribution is 2.44. The number of cyclic esters (lactones) is 1. The van der Waals surface area contributed by atoms with Gasteiger partial charge < -0.3 is 14.8 Å². The van der Waals surface area contributed by atoms with Gasteiger partial charge in [0.1, 0.15) is 6.61 Å². The SMILES string of the molecule is O=C(NCC1=N/C(=C/c2ccccc2)C(=O)O1)OCC1c2ccccc2-c2ccccc21. The minimum atomic E-state index is -0.592. The van der Waals surface area contributed by atoms with E-state index in [2.05, 4.69) is 34.6 Å². The van der Waals surface area contributed by atoms with Crippen LogP contribution in [-0.4, -0.2) is 31.1 Å². The highest BCUT2D eigenvalue weighted by molar-refractivity contribution is 6.08. The molecule has 1 aliphatic heterocycles. The van der Waals surface area contributed by atoms with Crippen LogP contribution in [0.25, 0.3) is 17.2 Å². The van der Waals surface area contributed by atoms with E-state index in [0.717, 1.165) is 16.7 Å². The minimum Gasteiger partial charge on any atom is -0.449 e. The molecule has 2 aliphatic rings. The lowest BCUT2D eigenvalue weighted by Gasteiger charge is -2.14. The summed E-state index contributed by atoms with van der Waals surface area (Å²) in [6.07, 6.45) is 1.05. The molecule has 0 atom stereocenters. The third kappa shape index (κ3) is 3.90. The molecule has 0 fully saturated rings. The lowest BCUT2D eigenvalue weighted by Crippen LogP contribution is -2.31. The van der Waals surface area contributed by atoms with Crippen LogP contribution in [0.5, 0.6) is 0 Å². The van der Waals surface area contributed by atoms with Crippen molar-refractivity contribution in [2.75, 3.05) is 13.2 Å². The molecule has 0 aromatic heterocycles. The molecule has 5 rings (SSSR count). The topological polar surface area (TPSA) is 77.0 Å². The molecule has 0 radical (unpaired) electrons. The summed E-state index contributed by atoms with van der Waals surface area (Å²) in [6, 6.07) is 25.7. The summed E-state index contributed by atoms with van der Waals surface area (Å²) in [5.74, 6) is -0.431. The van der Waals surface area contributed by atoms with E-state index in [-0.39, 0.29) is 30.7 Å². The number of benzene rings is 3. The predicted octanol–water partition coefficient (Wildman–Crippen LogP) is 4.52. The molecule has 1 aliphatic carbocycles. The van der Waals surface area contributed by atoms with Crippen molar-refractivity contribution in [3.8, 4) is 11.1 Å². The minimum absolute atomic E-state index is 0.0183. The van der Waals surface area contributed by atoms with Gasteiger partial charge in [-0.2, -0.15) is 0 Å². The summed E-state index contributed by atoms with van der Waals surface area (Å²) < 4.78 is 10.6. The van der Waals surface area contributed by atoms with Gasteiger partial charge in [0.2, 0.25) is 5.90 Å². The fourth-order valence-electron chi connectivity index (χ4n) is 4.03. The summed E-state index contributed by atoms with van der Waals surface area (Å²) in [4.78, 5) is 28.5. The van der Waals surface area contributed by atoms with Gasteiger partial charge >= 0.3 is 12.1 Å². The Labute approximate surface area is 185 Å². The zero-order valence-corrected chi connectivity index (χ0v) is 17.2. The van der Waals surface area contributed by atoms with E-state index in [1.54, 1.807) is 6.08 Å². The smallest absolute Gasteiger partial charge is 0.407 e. The van der Waals surface area contributed by atoms with E-state index < -0.39 is 12.1 Å². The fourth-order valence-corrected chi connectivity index (χ4v) is 4.03. The first-order chi connectivity index (χ1) is 15.7. The van der Waals surface area contributed by atoms with Gasteiger partial charge in [0.25, 0.3) is 0 Å². The van der Waals surface area contributed by atoms with Gasteiger partial charge in [0.15, 0.2) is 5.70 Å². The van der Waals surface area contributed by atoms with Gasteiger partial charge in [-0.3, -0.25) is 0 Å².